The maximum absolute atomic E-state index is 13.1. The molecule has 3 rings (SSSR count). The van der Waals surface area contributed by atoms with Crippen molar-refractivity contribution in [2.45, 2.75) is 39.3 Å². The predicted octanol–water partition coefficient (Wildman–Crippen LogP) is 3.72. The topological polar surface area (TPSA) is 46.1 Å². The van der Waals surface area contributed by atoms with E-state index in [0.717, 1.165) is 23.1 Å². The van der Waals surface area contributed by atoms with Crippen LogP contribution in [-0.4, -0.2) is 20.8 Å². The highest BCUT2D eigenvalue weighted by atomic mass is 35.5. The Bertz CT molecular complexity index is 786. The number of carbonyl (C=O) groups excluding carboxylic acids is 1. The summed E-state index contributed by atoms with van der Waals surface area (Å²) < 4.78 is 13.1. The first-order valence-corrected chi connectivity index (χ1v) is 7.73. The normalized spacial score (nSPS) is 14.0. The molecule has 1 aromatic heterocycles. The van der Waals surface area contributed by atoms with E-state index in [4.69, 9.17) is 11.6 Å². The van der Waals surface area contributed by atoms with Crippen molar-refractivity contribution in [1.82, 2.24) is 14.9 Å². The van der Waals surface area contributed by atoms with Gasteiger partial charge < -0.3 is 4.90 Å². The van der Waals surface area contributed by atoms with Gasteiger partial charge in [0.15, 0.2) is 0 Å². The van der Waals surface area contributed by atoms with E-state index in [1.807, 2.05) is 20.8 Å². The molecule has 6 heteroatoms. The molecule has 23 heavy (non-hydrogen) atoms. The Morgan fingerprint density at radius 2 is 2.04 bits per heavy atom. The van der Waals surface area contributed by atoms with Gasteiger partial charge in [0.1, 0.15) is 11.6 Å². The molecule has 0 bridgehead atoms. The first-order valence-electron chi connectivity index (χ1n) is 7.35. The fourth-order valence-corrected chi connectivity index (χ4v) is 2.74. The van der Waals surface area contributed by atoms with Crippen LogP contribution in [0.1, 0.15) is 48.2 Å². The number of benzene rings is 1. The first kappa shape index (κ1) is 15.9. The van der Waals surface area contributed by atoms with Crippen LogP contribution in [0.3, 0.4) is 0 Å². The fourth-order valence-electron chi connectivity index (χ4n) is 2.49. The summed E-state index contributed by atoms with van der Waals surface area (Å²) in [6, 6.07) is 3.80. The minimum atomic E-state index is -0.461. The van der Waals surface area contributed by atoms with E-state index in [-0.39, 0.29) is 16.3 Å². The van der Waals surface area contributed by atoms with E-state index in [0.29, 0.717) is 18.7 Å². The van der Waals surface area contributed by atoms with E-state index >= 15 is 0 Å². The van der Waals surface area contributed by atoms with Crippen molar-refractivity contribution in [2.75, 3.05) is 0 Å². The van der Waals surface area contributed by atoms with Crippen LogP contribution in [-0.2, 0) is 18.5 Å². The SMILES string of the molecule is CC(C)(C)c1ncc2c(n1)CN(C(=O)c1ccc(F)cc1Cl)C2. The highest BCUT2D eigenvalue weighted by molar-refractivity contribution is 6.33. The van der Waals surface area contributed by atoms with Gasteiger partial charge in [-0.05, 0) is 18.2 Å². The first-order chi connectivity index (χ1) is 10.8. The minimum Gasteiger partial charge on any atom is -0.328 e. The molecule has 0 N–H and O–H groups in total. The molecule has 0 saturated heterocycles. The van der Waals surface area contributed by atoms with E-state index in [1.54, 1.807) is 11.1 Å². The molecule has 1 aromatic carbocycles. The van der Waals surface area contributed by atoms with Gasteiger partial charge in [-0.2, -0.15) is 0 Å². The number of fused-ring (bicyclic) bond motifs is 1. The van der Waals surface area contributed by atoms with Gasteiger partial charge in [-0.1, -0.05) is 32.4 Å². The molecule has 0 atom stereocenters. The Morgan fingerprint density at radius 1 is 1.30 bits per heavy atom. The van der Waals surface area contributed by atoms with E-state index in [2.05, 4.69) is 9.97 Å². The van der Waals surface area contributed by atoms with Crippen LogP contribution in [0.2, 0.25) is 5.02 Å². The molecule has 1 aliphatic heterocycles. The number of rotatable bonds is 1. The number of amides is 1. The van der Waals surface area contributed by atoms with Gasteiger partial charge in [0.25, 0.3) is 5.91 Å². The lowest BCUT2D eigenvalue weighted by Crippen LogP contribution is -2.25. The second-order valence-corrected chi connectivity index (χ2v) is 7.11. The van der Waals surface area contributed by atoms with Crippen LogP contribution in [0.25, 0.3) is 0 Å². The lowest BCUT2D eigenvalue weighted by molar-refractivity contribution is 0.0750. The summed E-state index contributed by atoms with van der Waals surface area (Å²) in [5.41, 5.74) is 1.94. The van der Waals surface area contributed by atoms with Crippen LogP contribution in [0, 0.1) is 5.82 Å². The molecule has 0 aliphatic carbocycles. The Morgan fingerprint density at radius 3 is 2.70 bits per heavy atom. The number of hydrogen-bond donors (Lipinski definition) is 0. The van der Waals surface area contributed by atoms with E-state index in [9.17, 15) is 9.18 Å². The van der Waals surface area contributed by atoms with Crippen LogP contribution in [0.5, 0.6) is 0 Å². The standard InChI is InChI=1S/C17H17ClFN3O/c1-17(2,3)16-20-7-10-8-22(9-14(10)21-16)15(23)12-5-4-11(19)6-13(12)18/h4-7H,8-9H2,1-3H3. The van der Waals surface area contributed by atoms with Crippen molar-refractivity contribution in [2.24, 2.45) is 0 Å². The van der Waals surface area contributed by atoms with Crippen molar-refractivity contribution >= 4 is 17.5 Å². The number of carbonyl (C=O) groups is 1. The molecular weight excluding hydrogens is 317 g/mol. The number of aromatic nitrogens is 2. The summed E-state index contributed by atoms with van der Waals surface area (Å²) in [4.78, 5) is 23.2. The molecule has 4 nitrogen and oxygen atoms in total. The summed E-state index contributed by atoms with van der Waals surface area (Å²) in [5, 5.41) is 0.118. The van der Waals surface area contributed by atoms with Crippen molar-refractivity contribution < 1.29 is 9.18 Å². The fraction of sp³-hybridized carbons (Fsp3) is 0.353. The van der Waals surface area contributed by atoms with Gasteiger partial charge in [-0.15, -0.1) is 0 Å². The summed E-state index contributed by atoms with van der Waals surface area (Å²) in [6.45, 7) is 6.99. The lowest BCUT2D eigenvalue weighted by Gasteiger charge is -2.17. The molecule has 2 aromatic rings. The van der Waals surface area contributed by atoms with Crippen molar-refractivity contribution in [3.05, 3.63) is 57.9 Å². The second kappa shape index (κ2) is 5.57. The number of nitrogens with zero attached hydrogens (tertiary/aromatic N) is 3. The quantitative estimate of drug-likeness (QED) is 0.799. The average Bonchev–Trinajstić information content (AvgIpc) is 2.88. The largest absolute Gasteiger partial charge is 0.328 e. The van der Waals surface area contributed by atoms with Crippen LogP contribution < -0.4 is 0 Å². The van der Waals surface area contributed by atoms with Gasteiger partial charge in [0.2, 0.25) is 0 Å². The Hall–Kier alpha value is -2.01. The Balaban J connectivity index is 1.85. The third kappa shape index (κ3) is 3.06. The zero-order valence-corrected chi connectivity index (χ0v) is 14.0. The van der Waals surface area contributed by atoms with E-state index < -0.39 is 5.82 Å². The highest BCUT2D eigenvalue weighted by Crippen LogP contribution is 2.27. The smallest absolute Gasteiger partial charge is 0.256 e. The molecule has 0 fully saturated rings. The third-order valence-electron chi connectivity index (χ3n) is 3.78. The van der Waals surface area contributed by atoms with Gasteiger partial charge in [0.05, 0.1) is 22.8 Å². The van der Waals surface area contributed by atoms with Crippen LogP contribution >= 0.6 is 11.6 Å². The Kier molecular flexibility index (Phi) is 3.84. The van der Waals surface area contributed by atoms with Gasteiger partial charge >= 0.3 is 0 Å². The summed E-state index contributed by atoms with van der Waals surface area (Å²) in [5.74, 6) is 0.0626. The summed E-state index contributed by atoms with van der Waals surface area (Å²) in [6.07, 6.45) is 1.78. The number of halogens is 2. The molecule has 0 radical (unpaired) electrons. The zero-order chi connectivity index (χ0) is 16.8. The maximum Gasteiger partial charge on any atom is 0.256 e. The van der Waals surface area contributed by atoms with Gasteiger partial charge in [-0.25, -0.2) is 14.4 Å². The molecule has 0 unspecified atom stereocenters. The average molecular weight is 334 g/mol. The van der Waals surface area contributed by atoms with E-state index in [1.165, 1.54) is 12.1 Å². The molecule has 1 amide bonds. The summed E-state index contributed by atoms with van der Waals surface area (Å²) >= 11 is 5.98. The second-order valence-electron chi connectivity index (χ2n) is 6.70. The molecule has 2 heterocycles. The molecular formula is C17H17ClFN3O. The summed E-state index contributed by atoms with van der Waals surface area (Å²) in [7, 11) is 0. The van der Waals surface area contributed by atoms with Crippen LogP contribution in [0.4, 0.5) is 4.39 Å². The monoisotopic (exact) mass is 333 g/mol. The molecule has 1 aliphatic rings. The third-order valence-corrected chi connectivity index (χ3v) is 4.09. The van der Waals surface area contributed by atoms with Crippen molar-refractivity contribution in [3.8, 4) is 0 Å². The lowest BCUT2D eigenvalue weighted by atomic mass is 9.95. The van der Waals surface area contributed by atoms with Crippen molar-refractivity contribution in [1.29, 1.82) is 0 Å². The number of hydrogen-bond acceptors (Lipinski definition) is 3. The molecule has 0 saturated carbocycles. The zero-order valence-electron chi connectivity index (χ0n) is 13.2. The van der Waals surface area contributed by atoms with Crippen LogP contribution in [0.15, 0.2) is 24.4 Å². The maximum atomic E-state index is 13.1. The van der Waals surface area contributed by atoms with Gasteiger partial charge in [-0.3, -0.25) is 4.79 Å². The molecule has 120 valence electrons. The Labute approximate surface area is 139 Å². The van der Waals surface area contributed by atoms with Crippen molar-refractivity contribution in [3.63, 3.8) is 0 Å². The highest BCUT2D eigenvalue weighted by Gasteiger charge is 2.29. The van der Waals surface area contributed by atoms with Gasteiger partial charge in [0, 0.05) is 23.7 Å². The predicted molar refractivity (Wildman–Crippen MR) is 85.7 cm³/mol. The minimum absolute atomic E-state index is 0.118. The molecule has 0 spiro atoms.